The number of nitrogens with zero attached hydrogens (tertiary/aromatic N) is 3. The normalized spacial score (nSPS) is 15.8. The first kappa shape index (κ1) is 22.4. The molecule has 0 spiro atoms. The summed E-state index contributed by atoms with van der Waals surface area (Å²) >= 11 is 0. The standard InChI is InChI=1S/C24H27N3O6/c1-29-18-9-5-7-15(11-18)24(28)27-10-6-8-16(14-27)23-25-22(26-33-23)17-12-19(30-2)21(32-4)20(13-17)31-3/h5,7,9,11-13,16H,6,8,10,14H2,1-4H3. The van der Waals surface area contributed by atoms with Gasteiger partial charge in [0.2, 0.25) is 17.5 Å². The Kier molecular flexibility index (Phi) is 6.67. The van der Waals surface area contributed by atoms with Gasteiger partial charge in [-0.1, -0.05) is 11.2 Å². The Bertz CT molecular complexity index is 1100. The van der Waals surface area contributed by atoms with Crippen LogP contribution in [-0.4, -0.2) is 62.5 Å². The van der Waals surface area contributed by atoms with Crippen molar-refractivity contribution in [3.8, 4) is 34.4 Å². The van der Waals surface area contributed by atoms with Gasteiger partial charge >= 0.3 is 0 Å². The van der Waals surface area contributed by atoms with Crippen molar-refractivity contribution < 1.29 is 28.3 Å². The number of carbonyl (C=O) groups is 1. The van der Waals surface area contributed by atoms with Crippen LogP contribution in [0.1, 0.15) is 35.0 Å². The summed E-state index contributed by atoms with van der Waals surface area (Å²) in [5.41, 5.74) is 1.28. The maximum Gasteiger partial charge on any atom is 0.254 e. The van der Waals surface area contributed by atoms with Gasteiger partial charge in [-0.25, -0.2) is 0 Å². The van der Waals surface area contributed by atoms with Crippen LogP contribution in [0.25, 0.3) is 11.4 Å². The molecule has 1 aromatic heterocycles. The average molecular weight is 453 g/mol. The lowest BCUT2D eigenvalue weighted by Gasteiger charge is -2.31. The largest absolute Gasteiger partial charge is 0.497 e. The lowest BCUT2D eigenvalue weighted by molar-refractivity contribution is 0.0695. The number of hydrogen-bond acceptors (Lipinski definition) is 8. The van der Waals surface area contributed by atoms with Crippen LogP contribution < -0.4 is 18.9 Å². The van der Waals surface area contributed by atoms with Crippen LogP contribution in [0.5, 0.6) is 23.0 Å². The smallest absolute Gasteiger partial charge is 0.254 e. The molecule has 2 aromatic carbocycles. The predicted octanol–water partition coefficient (Wildman–Crippen LogP) is 3.79. The fraction of sp³-hybridized carbons (Fsp3) is 0.375. The Morgan fingerprint density at radius 2 is 1.79 bits per heavy atom. The van der Waals surface area contributed by atoms with Gasteiger partial charge in [-0.05, 0) is 43.2 Å². The van der Waals surface area contributed by atoms with E-state index in [1.165, 1.54) is 0 Å². The quantitative estimate of drug-likeness (QED) is 0.533. The molecule has 1 fully saturated rings. The number of methoxy groups -OCH3 is 4. The van der Waals surface area contributed by atoms with Crippen LogP contribution in [-0.2, 0) is 0 Å². The van der Waals surface area contributed by atoms with E-state index in [4.69, 9.17) is 23.5 Å². The molecule has 0 radical (unpaired) electrons. The topological polar surface area (TPSA) is 96.2 Å². The summed E-state index contributed by atoms with van der Waals surface area (Å²) in [6.07, 6.45) is 1.71. The molecule has 1 aliphatic rings. The molecule has 1 unspecified atom stereocenters. The molecular weight excluding hydrogens is 426 g/mol. The molecule has 0 saturated carbocycles. The van der Waals surface area contributed by atoms with Gasteiger partial charge in [0.25, 0.3) is 5.91 Å². The Labute approximate surface area is 192 Å². The highest BCUT2D eigenvalue weighted by molar-refractivity contribution is 5.94. The maximum atomic E-state index is 13.0. The number of benzene rings is 2. The first-order valence-corrected chi connectivity index (χ1v) is 10.6. The van der Waals surface area contributed by atoms with Gasteiger partial charge < -0.3 is 28.4 Å². The molecule has 174 valence electrons. The van der Waals surface area contributed by atoms with Gasteiger partial charge in [-0.3, -0.25) is 4.79 Å². The van der Waals surface area contributed by atoms with Crippen LogP contribution in [0.4, 0.5) is 0 Å². The Morgan fingerprint density at radius 1 is 1.03 bits per heavy atom. The highest BCUT2D eigenvalue weighted by Gasteiger charge is 2.29. The average Bonchev–Trinajstić information content (AvgIpc) is 3.38. The van der Waals surface area contributed by atoms with Crippen molar-refractivity contribution in [2.75, 3.05) is 41.5 Å². The van der Waals surface area contributed by atoms with E-state index in [-0.39, 0.29) is 11.8 Å². The van der Waals surface area contributed by atoms with Gasteiger partial charge in [-0.15, -0.1) is 0 Å². The zero-order valence-electron chi connectivity index (χ0n) is 19.2. The van der Waals surface area contributed by atoms with E-state index in [9.17, 15) is 4.79 Å². The van der Waals surface area contributed by atoms with Gasteiger partial charge in [0.1, 0.15) is 5.75 Å². The summed E-state index contributed by atoms with van der Waals surface area (Å²) in [5.74, 6) is 2.99. The van der Waals surface area contributed by atoms with Crippen LogP contribution in [0.15, 0.2) is 40.9 Å². The summed E-state index contributed by atoms with van der Waals surface area (Å²) in [7, 11) is 6.24. The van der Waals surface area contributed by atoms with Gasteiger partial charge in [-0.2, -0.15) is 4.98 Å². The van der Waals surface area contributed by atoms with E-state index in [1.807, 2.05) is 17.0 Å². The molecule has 9 nitrogen and oxygen atoms in total. The number of piperidine rings is 1. The fourth-order valence-electron chi connectivity index (χ4n) is 4.03. The number of ether oxygens (including phenoxy) is 4. The number of carbonyl (C=O) groups excluding carboxylic acids is 1. The number of aromatic nitrogens is 2. The highest BCUT2D eigenvalue weighted by Crippen LogP contribution is 2.41. The third-order valence-electron chi connectivity index (χ3n) is 5.74. The first-order valence-electron chi connectivity index (χ1n) is 10.6. The lowest BCUT2D eigenvalue weighted by Crippen LogP contribution is -2.39. The third-order valence-corrected chi connectivity index (χ3v) is 5.74. The van der Waals surface area contributed by atoms with Crippen molar-refractivity contribution in [3.05, 3.63) is 47.9 Å². The van der Waals surface area contributed by atoms with E-state index >= 15 is 0 Å². The van der Waals surface area contributed by atoms with Crippen LogP contribution in [0.3, 0.4) is 0 Å². The zero-order valence-corrected chi connectivity index (χ0v) is 19.2. The summed E-state index contributed by atoms with van der Waals surface area (Å²) in [4.78, 5) is 19.5. The summed E-state index contributed by atoms with van der Waals surface area (Å²) < 4.78 is 27.1. The van der Waals surface area contributed by atoms with E-state index in [2.05, 4.69) is 10.1 Å². The minimum atomic E-state index is -0.0448. The van der Waals surface area contributed by atoms with Crippen molar-refractivity contribution in [2.24, 2.45) is 0 Å². The van der Waals surface area contributed by atoms with E-state index < -0.39 is 0 Å². The summed E-state index contributed by atoms with van der Waals surface area (Å²) in [5, 5.41) is 4.16. The molecule has 9 heteroatoms. The zero-order chi connectivity index (χ0) is 23.4. The molecule has 1 saturated heterocycles. The molecule has 4 rings (SSSR count). The lowest BCUT2D eigenvalue weighted by atomic mass is 9.97. The Morgan fingerprint density at radius 3 is 2.45 bits per heavy atom. The second-order valence-corrected chi connectivity index (χ2v) is 7.69. The van der Waals surface area contributed by atoms with Gasteiger partial charge in [0, 0.05) is 24.2 Å². The molecule has 33 heavy (non-hydrogen) atoms. The highest BCUT2D eigenvalue weighted by atomic mass is 16.5. The molecular formula is C24H27N3O6. The first-order chi connectivity index (χ1) is 16.1. The molecule has 0 bridgehead atoms. The molecule has 3 aromatic rings. The second-order valence-electron chi connectivity index (χ2n) is 7.69. The Hall–Kier alpha value is -3.75. The number of amides is 1. The second kappa shape index (κ2) is 9.81. The maximum absolute atomic E-state index is 13.0. The molecule has 0 aliphatic carbocycles. The monoisotopic (exact) mass is 453 g/mol. The molecule has 1 amide bonds. The summed E-state index contributed by atoms with van der Waals surface area (Å²) in [6.45, 7) is 1.19. The van der Waals surface area contributed by atoms with Crippen LogP contribution in [0.2, 0.25) is 0 Å². The number of hydrogen-bond donors (Lipinski definition) is 0. The van der Waals surface area contributed by atoms with Crippen molar-refractivity contribution in [3.63, 3.8) is 0 Å². The van der Waals surface area contributed by atoms with Crippen molar-refractivity contribution >= 4 is 5.91 Å². The van der Waals surface area contributed by atoms with Crippen molar-refractivity contribution in [1.82, 2.24) is 15.0 Å². The van der Waals surface area contributed by atoms with Crippen molar-refractivity contribution in [2.45, 2.75) is 18.8 Å². The minimum absolute atomic E-state index is 0.0389. The van der Waals surface area contributed by atoms with Crippen LogP contribution >= 0.6 is 0 Å². The number of likely N-dealkylation sites (tertiary alicyclic amines) is 1. The molecule has 1 aliphatic heterocycles. The van der Waals surface area contributed by atoms with E-state index in [0.717, 1.165) is 12.8 Å². The van der Waals surface area contributed by atoms with Crippen molar-refractivity contribution in [1.29, 1.82) is 0 Å². The SMILES string of the molecule is COc1cccc(C(=O)N2CCCC(c3nc(-c4cc(OC)c(OC)c(OC)c4)no3)C2)c1. The third kappa shape index (κ3) is 4.57. The van der Waals surface area contributed by atoms with Crippen LogP contribution in [0, 0.1) is 0 Å². The molecule has 2 heterocycles. The molecule has 0 N–H and O–H groups in total. The summed E-state index contributed by atoms with van der Waals surface area (Å²) in [6, 6.07) is 10.7. The number of rotatable bonds is 7. The predicted molar refractivity (Wildman–Crippen MR) is 120 cm³/mol. The molecule has 1 atom stereocenters. The Balaban J connectivity index is 1.54. The van der Waals surface area contributed by atoms with Gasteiger partial charge in [0.05, 0.1) is 34.4 Å². The van der Waals surface area contributed by atoms with E-state index in [1.54, 1.807) is 52.7 Å². The fourth-order valence-corrected chi connectivity index (χ4v) is 4.03. The van der Waals surface area contributed by atoms with E-state index in [0.29, 0.717) is 58.9 Å². The minimum Gasteiger partial charge on any atom is -0.497 e. The van der Waals surface area contributed by atoms with Gasteiger partial charge in [0.15, 0.2) is 11.5 Å².